The van der Waals surface area contributed by atoms with Gasteiger partial charge in [-0.25, -0.2) is 12.8 Å². The van der Waals surface area contributed by atoms with Gasteiger partial charge in [0.25, 0.3) is 0 Å². The van der Waals surface area contributed by atoms with E-state index in [2.05, 4.69) is 15.9 Å². The molecule has 1 aromatic carbocycles. The van der Waals surface area contributed by atoms with Crippen LogP contribution in [0.5, 0.6) is 0 Å². The van der Waals surface area contributed by atoms with Crippen LogP contribution in [0.3, 0.4) is 0 Å². The van der Waals surface area contributed by atoms with Crippen LogP contribution in [-0.4, -0.2) is 37.5 Å². The summed E-state index contributed by atoms with van der Waals surface area (Å²) in [5.74, 6) is -0.642. The molecule has 0 heterocycles. The molecular formula is C10H13BrFNO3S. The maximum atomic E-state index is 13.3. The largest absolute Gasteiger partial charge is 0.395 e. The Hall–Kier alpha value is -0.500. The van der Waals surface area contributed by atoms with E-state index in [4.69, 9.17) is 5.11 Å². The van der Waals surface area contributed by atoms with E-state index < -0.39 is 21.9 Å². The molecule has 0 bridgehead atoms. The summed E-state index contributed by atoms with van der Waals surface area (Å²) in [5, 5.41) is 8.93. The molecule has 96 valence electrons. The summed E-state index contributed by atoms with van der Waals surface area (Å²) in [7, 11) is -2.43. The molecule has 0 spiro atoms. The summed E-state index contributed by atoms with van der Waals surface area (Å²) < 4.78 is 38.5. The number of likely N-dealkylation sites (N-methyl/N-ethyl adjacent to an activating group) is 1. The molecule has 0 aliphatic rings. The molecule has 7 heteroatoms. The summed E-state index contributed by atoms with van der Waals surface area (Å²) in [6.45, 7) is 1.27. The topological polar surface area (TPSA) is 57.6 Å². The molecule has 0 fully saturated rings. The van der Waals surface area contributed by atoms with Crippen LogP contribution in [0.1, 0.15) is 6.92 Å². The molecule has 0 radical (unpaired) electrons. The highest BCUT2D eigenvalue weighted by Gasteiger charge is 2.25. The number of rotatable bonds is 4. The van der Waals surface area contributed by atoms with Gasteiger partial charge in [-0.2, -0.15) is 4.31 Å². The SMILES string of the molecule is CC(CO)N(C)S(=O)(=O)c1ccc(Br)c(F)c1. The number of halogens is 2. The predicted molar refractivity (Wildman–Crippen MR) is 65.6 cm³/mol. The van der Waals surface area contributed by atoms with Crippen molar-refractivity contribution in [2.75, 3.05) is 13.7 Å². The van der Waals surface area contributed by atoms with Gasteiger partial charge in [-0.15, -0.1) is 0 Å². The lowest BCUT2D eigenvalue weighted by Crippen LogP contribution is -2.37. The van der Waals surface area contributed by atoms with E-state index >= 15 is 0 Å². The van der Waals surface area contributed by atoms with Gasteiger partial charge in [-0.05, 0) is 41.1 Å². The normalized spacial score (nSPS) is 14.0. The van der Waals surface area contributed by atoms with Crippen molar-refractivity contribution in [2.45, 2.75) is 17.9 Å². The van der Waals surface area contributed by atoms with Crippen LogP contribution in [0.4, 0.5) is 4.39 Å². The van der Waals surface area contributed by atoms with Gasteiger partial charge in [0.1, 0.15) is 5.82 Å². The van der Waals surface area contributed by atoms with Crippen LogP contribution < -0.4 is 0 Å². The number of aliphatic hydroxyl groups is 1. The molecule has 1 unspecified atom stereocenters. The third-order valence-corrected chi connectivity index (χ3v) is 5.06. The number of hydrogen-bond acceptors (Lipinski definition) is 3. The lowest BCUT2D eigenvalue weighted by Gasteiger charge is -2.22. The van der Waals surface area contributed by atoms with Crippen molar-refractivity contribution in [1.82, 2.24) is 4.31 Å². The van der Waals surface area contributed by atoms with Gasteiger partial charge in [0.15, 0.2) is 0 Å². The average molecular weight is 326 g/mol. The van der Waals surface area contributed by atoms with Crippen molar-refractivity contribution in [1.29, 1.82) is 0 Å². The zero-order valence-corrected chi connectivity index (χ0v) is 11.8. The molecule has 0 aromatic heterocycles. The van der Waals surface area contributed by atoms with Gasteiger partial charge in [0.05, 0.1) is 16.0 Å². The van der Waals surface area contributed by atoms with Crippen LogP contribution in [-0.2, 0) is 10.0 Å². The van der Waals surface area contributed by atoms with Crippen LogP contribution in [0, 0.1) is 5.82 Å². The maximum absolute atomic E-state index is 13.3. The Morgan fingerprint density at radius 3 is 2.59 bits per heavy atom. The zero-order chi connectivity index (χ0) is 13.2. The van der Waals surface area contributed by atoms with E-state index in [1.807, 2.05) is 0 Å². The molecule has 1 aromatic rings. The van der Waals surface area contributed by atoms with Crippen LogP contribution in [0.15, 0.2) is 27.6 Å². The second kappa shape index (κ2) is 5.43. The van der Waals surface area contributed by atoms with E-state index in [1.165, 1.54) is 19.2 Å². The van der Waals surface area contributed by atoms with Gasteiger partial charge < -0.3 is 5.11 Å². The first-order valence-corrected chi connectivity index (χ1v) is 7.08. The predicted octanol–water partition coefficient (Wildman–Crippen LogP) is 1.59. The van der Waals surface area contributed by atoms with Crippen LogP contribution >= 0.6 is 15.9 Å². The highest BCUT2D eigenvalue weighted by Crippen LogP contribution is 2.22. The molecule has 1 atom stereocenters. The van der Waals surface area contributed by atoms with E-state index in [0.29, 0.717) is 0 Å². The lowest BCUT2D eigenvalue weighted by molar-refractivity contribution is 0.214. The molecular weight excluding hydrogens is 313 g/mol. The summed E-state index contributed by atoms with van der Waals surface area (Å²) in [6, 6.07) is 3.02. The first-order valence-electron chi connectivity index (χ1n) is 4.84. The summed E-state index contributed by atoms with van der Waals surface area (Å²) in [4.78, 5) is -0.138. The first kappa shape index (κ1) is 14.6. The third kappa shape index (κ3) is 3.04. The third-order valence-electron chi connectivity index (χ3n) is 2.45. The Balaban J connectivity index is 3.17. The Kier molecular flexibility index (Phi) is 4.65. The molecule has 1 N–H and O–H groups in total. The number of hydrogen-bond donors (Lipinski definition) is 1. The molecule has 0 aliphatic heterocycles. The molecule has 17 heavy (non-hydrogen) atoms. The van der Waals surface area contributed by atoms with Crippen molar-refractivity contribution in [3.8, 4) is 0 Å². The van der Waals surface area contributed by atoms with E-state index in [1.54, 1.807) is 6.92 Å². The Labute approximate surface area is 108 Å². The fourth-order valence-corrected chi connectivity index (χ4v) is 2.77. The van der Waals surface area contributed by atoms with Gasteiger partial charge >= 0.3 is 0 Å². The molecule has 4 nitrogen and oxygen atoms in total. The minimum absolute atomic E-state index is 0.138. The highest BCUT2D eigenvalue weighted by atomic mass is 79.9. The fourth-order valence-electron chi connectivity index (χ4n) is 1.16. The smallest absolute Gasteiger partial charge is 0.243 e. The van der Waals surface area contributed by atoms with Gasteiger partial charge in [-0.1, -0.05) is 0 Å². The Morgan fingerprint density at radius 1 is 1.53 bits per heavy atom. The van der Waals surface area contributed by atoms with Crippen molar-refractivity contribution < 1.29 is 17.9 Å². The number of sulfonamides is 1. The fraction of sp³-hybridized carbons (Fsp3) is 0.400. The van der Waals surface area contributed by atoms with E-state index in [-0.39, 0.29) is 16.0 Å². The number of nitrogens with zero attached hydrogens (tertiary/aromatic N) is 1. The van der Waals surface area contributed by atoms with Crippen LogP contribution in [0.2, 0.25) is 0 Å². The molecule has 0 saturated carbocycles. The van der Waals surface area contributed by atoms with E-state index in [0.717, 1.165) is 10.4 Å². The standard InChI is InChI=1S/C10H13BrFNO3S/c1-7(6-14)13(2)17(15,16)8-3-4-9(11)10(12)5-8/h3-5,7,14H,6H2,1-2H3. The quantitative estimate of drug-likeness (QED) is 0.914. The van der Waals surface area contributed by atoms with Crippen molar-refractivity contribution in [3.63, 3.8) is 0 Å². The number of benzene rings is 1. The van der Waals surface area contributed by atoms with Crippen LogP contribution in [0.25, 0.3) is 0 Å². The second-order valence-corrected chi connectivity index (χ2v) is 6.48. The van der Waals surface area contributed by atoms with E-state index in [9.17, 15) is 12.8 Å². The Morgan fingerprint density at radius 2 is 2.12 bits per heavy atom. The molecule has 0 aliphatic carbocycles. The second-order valence-electron chi connectivity index (χ2n) is 3.63. The van der Waals surface area contributed by atoms with Gasteiger partial charge in [-0.3, -0.25) is 0 Å². The Bertz CT molecular complexity index is 506. The minimum atomic E-state index is -3.78. The number of aliphatic hydroxyl groups excluding tert-OH is 1. The first-order chi connectivity index (χ1) is 7.80. The minimum Gasteiger partial charge on any atom is -0.395 e. The zero-order valence-electron chi connectivity index (χ0n) is 9.39. The van der Waals surface area contributed by atoms with Gasteiger partial charge in [0, 0.05) is 13.1 Å². The van der Waals surface area contributed by atoms with Crippen molar-refractivity contribution >= 4 is 26.0 Å². The molecule has 1 rings (SSSR count). The van der Waals surface area contributed by atoms with Crippen molar-refractivity contribution in [2.24, 2.45) is 0 Å². The average Bonchev–Trinajstić information content (AvgIpc) is 2.30. The molecule has 0 amide bonds. The lowest BCUT2D eigenvalue weighted by atomic mass is 10.3. The monoisotopic (exact) mass is 325 g/mol. The van der Waals surface area contributed by atoms with Crippen molar-refractivity contribution in [3.05, 3.63) is 28.5 Å². The maximum Gasteiger partial charge on any atom is 0.243 e. The summed E-state index contributed by atoms with van der Waals surface area (Å²) in [5.41, 5.74) is 0. The summed E-state index contributed by atoms with van der Waals surface area (Å²) >= 11 is 2.95. The summed E-state index contributed by atoms with van der Waals surface area (Å²) in [6.07, 6.45) is 0. The van der Waals surface area contributed by atoms with Gasteiger partial charge in [0.2, 0.25) is 10.0 Å². The molecule has 0 saturated heterocycles. The highest BCUT2D eigenvalue weighted by molar-refractivity contribution is 9.10.